The second-order valence-electron chi connectivity index (χ2n) is 13.3. The lowest BCUT2D eigenvalue weighted by molar-refractivity contribution is 0.0956. The van der Waals surface area contributed by atoms with Crippen molar-refractivity contribution in [3.8, 4) is 0 Å². The summed E-state index contributed by atoms with van der Waals surface area (Å²) in [4.78, 5) is 37.1. The summed E-state index contributed by atoms with van der Waals surface area (Å²) in [7, 11) is 0. The third kappa shape index (κ3) is 11.5. The maximum Gasteiger partial charge on any atom is 0.273 e. The van der Waals surface area contributed by atoms with Crippen molar-refractivity contribution in [3.63, 3.8) is 0 Å². The Morgan fingerprint density at radius 3 is 2.04 bits per heavy atom. The number of rotatable bonds is 18. The molecule has 2 amide bonds. The van der Waals surface area contributed by atoms with Gasteiger partial charge in [0.1, 0.15) is 0 Å². The monoisotopic (exact) mass is 681 g/mol. The van der Waals surface area contributed by atoms with E-state index in [1.807, 2.05) is 54.6 Å². The van der Waals surface area contributed by atoms with E-state index in [-0.39, 0.29) is 11.8 Å². The number of likely N-dealkylation sites (N-methyl/N-ethyl adjacent to an activating group) is 2. The minimum atomic E-state index is -0.370. The molecule has 1 aliphatic rings. The molecular weight excluding hydrogens is 622 g/mol. The average molecular weight is 682 g/mol. The highest BCUT2D eigenvalue weighted by Gasteiger charge is 2.19. The summed E-state index contributed by atoms with van der Waals surface area (Å²) in [5.74, 6) is -0.617. The minimum absolute atomic E-state index is 0.247. The van der Waals surface area contributed by atoms with E-state index < -0.39 is 0 Å². The fourth-order valence-electron chi connectivity index (χ4n) is 6.43. The van der Waals surface area contributed by atoms with E-state index in [0.29, 0.717) is 16.8 Å². The third-order valence-electron chi connectivity index (χ3n) is 9.98. The van der Waals surface area contributed by atoms with E-state index >= 15 is 0 Å². The number of benzene rings is 3. The first-order valence-electron chi connectivity index (χ1n) is 18.6. The van der Waals surface area contributed by atoms with Gasteiger partial charge in [-0.2, -0.15) is 5.10 Å². The highest BCUT2D eigenvalue weighted by molar-refractivity contribution is 6.09. The van der Waals surface area contributed by atoms with Gasteiger partial charge in [0.05, 0.1) is 17.5 Å². The van der Waals surface area contributed by atoms with Crippen LogP contribution < -0.4 is 15.6 Å². The first-order valence-corrected chi connectivity index (χ1v) is 18.6. The number of hydrogen-bond donors (Lipinski definition) is 2. The van der Waals surface area contributed by atoms with Gasteiger partial charge in [0, 0.05) is 57.1 Å². The Balaban J connectivity index is 1.52. The van der Waals surface area contributed by atoms with Gasteiger partial charge < -0.3 is 20.0 Å². The minimum Gasteiger partial charge on any atom is -0.372 e. The predicted molar refractivity (Wildman–Crippen MR) is 209 cm³/mol. The Labute approximate surface area is 300 Å². The SMILES string of the molecule is CCN(CC)CCN(CCN(CC)CC)Cc1cccc(C(=O)Nc2ccc(N3CCCCC3)cc2C(=O)NN=Cc2ccc(C)c(C)c2)c1. The van der Waals surface area contributed by atoms with Crippen LogP contribution in [-0.4, -0.2) is 98.2 Å². The summed E-state index contributed by atoms with van der Waals surface area (Å²) in [6.07, 6.45) is 5.11. The average Bonchev–Trinajstić information content (AvgIpc) is 3.14. The maximum atomic E-state index is 13.7. The lowest BCUT2D eigenvalue weighted by atomic mass is 10.1. The van der Waals surface area contributed by atoms with Crippen molar-refractivity contribution in [3.05, 3.63) is 94.0 Å². The lowest BCUT2D eigenvalue weighted by Gasteiger charge is -2.29. The molecule has 0 aromatic heterocycles. The molecule has 1 saturated heterocycles. The van der Waals surface area contributed by atoms with Gasteiger partial charge in [0.2, 0.25) is 0 Å². The zero-order valence-corrected chi connectivity index (χ0v) is 31.3. The van der Waals surface area contributed by atoms with Crippen LogP contribution >= 0.6 is 0 Å². The van der Waals surface area contributed by atoms with Crippen molar-refractivity contribution in [2.24, 2.45) is 5.10 Å². The summed E-state index contributed by atoms with van der Waals surface area (Å²) >= 11 is 0. The Kier molecular flexibility index (Phi) is 15.5. The van der Waals surface area contributed by atoms with Crippen LogP contribution in [0.1, 0.15) is 89.9 Å². The van der Waals surface area contributed by atoms with E-state index in [4.69, 9.17) is 0 Å². The first-order chi connectivity index (χ1) is 24.2. The highest BCUT2D eigenvalue weighted by atomic mass is 16.2. The van der Waals surface area contributed by atoms with Gasteiger partial charge in [-0.25, -0.2) is 5.43 Å². The molecule has 0 unspecified atom stereocenters. The summed E-state index contributed by atoms with van der Waals surface area (Å²) in [6.45, 7) is 23.7. The molecule has 0 saturated carbocycles. The van der Waals surface area contributed by atoms with Crippen LogP contribution in [0.5, 0.6) is 0 Å². The maximum absolute atomic E-state index is 13.7. The molecule has 9 nitrogen and oxygen atoms in total. The van der Waals surface area contributed by atoms with Crippen LogP contribution in [-0.2, 0) is 6.54 Å². The highest BCUT2D eigenvalue weighted by Crippen LogP contribution is 2.27. The number of nitrogens with one attached hydrogen (secondary N) is 2. The van der Waals surface area contributed by atoms with E-state index in [1.165, 1.54) is 12.0 Å². The smallest absolute Gasteiger partial charge is 0.273 e. The normalized spacial score (nSPS) is 13.5. The van der Waals surface area contributed by atoms with Gasteiger partial charge in [0.25, 0.3) is 11.8 Å². The molecule has 3 aromatic rings. The molecule has 270 valence electrons. The molecular formula is C41H59N7O2. The topological polar surface area (TPSA) is 83.5 Å². The van der Waals surface area contributed by atoms with Crippen molar-refractivity contribution in [1.29, 1.82) is 0 Å². The van der Waals surface area contributed by atoms with Crippen LogP contribution in [0.25, 0.3) is 0 Å². The van der Waals surface area contributed by atoms with Crippen LogP contribution in [0, 0.1) is 13.8 Å². The van der Waals surface area contributed by atoms with E-state index in [1.54, 1.807) is 6.21 Å². The second-order valence-corrected chi connectivity index (χ2v) is 13.3. The van der Waals surface area contributed by atoms with E-state index in [2.05, 4.69) is 83.1 Å². The number of nitrogens with zero attached hydrogens (tertiary/aromatic N) is 5. The predicted octanol–water partition coefficient (Wildman–Crippen LogP) is 6.80. The molecule has 0 spiro atoms. The lowest BCUT2D eigenvalue weighted by Crippen LogP contribution is -2.39. The molecule has 1 aliphatic heterocycles. The second kappa shape index (κ2) is 20.0. The molecule has 3 aromatic carbocycles. The summed E-state index contributed by atoms with van der Waals surface area (Å²) in [6, 6.07) is 19.6. The Morgan fingerprint density at radius 1 is 0.740 bits per heavy atom. The number of anilines is 2. The van der Waals surface area contributed by atoms with Gasteiger partial charge in [-0.3, -0.25) is 14.5 Å². The van der Waals surface area contributed by atoms with Gasteiger partial charge in [-0.05, 0) is 112 Å². The van der Waals surface area contributed by atoms with Gasteiger partial charge in [-0.1, -0.05) is 58.0 Å². The number of aryl methyl sites for hydroxylation is 2. The Hall–Kier alpha value is -4.05. The molecule has 0 atom stereocenters. The van der Waals surface area contributed by atoms with Crippen LogP contribution in [0.3, 0.4) is 0 Å². The molecule has 1 fully saturated rings. The Bertz CT molecular complexity index is 1540. The Morgan fingerprint density at radius 2 is 1.40 bits per heavy atom. The number of carbonyl (C=O) groups is 2. The number of carbonyl (C=O) groups excluding carboxylic acids is 2. The van der Waals surface area contributed by atoms with Crippen molar-refractivity contribution in [1.82, 2.24) is 20.1 Å². The van der Waals surface area contributed by atoms with Crippen LogP contribution in [0.2, 0.25) is 0 Å². The van der Waals surface area contributed by atoms with Crippen molar-refractivity contribution in [2.45, 2.75) is 67.3 Å². The molecule has 0 aliphatic carbocycles. The molecule has 2 N–H and O–H groups in total. The number of piperidine rings is 1. The van der Waals surface area contributed by atoms with Crippen LogP contribution in [0.4, 0.5) is 11.4 Å². The van der Waals surface area contributed by atoms with Gasteiger partial charge in [0.15, 0.2) is 0 Å². The number of amides is 2. The number of hydrogen-bond acceptors (Lipinski definition) is 7. The standard InChI is InChI=1S/C41H59N7O2/c1-7-45(8-2)23-25-47(26-24-46(9-3)10-4)31-35-15-14-16-36(28-35)40(49)43-39-20-19-37(48-21-12-11-13-22-48)29-38(39)41(50)44-42-30-34-18-17-32(5)33(6)27-34/h14-20,27-30H,7-13,21-26,31H2,1-6H3,(H,43,49)(H,44,50). The zero-order chi connectivity index (χ0) is 35.9. The molecule has 50 heavy (non-hydrogen) atoms. The zero-order valence-electron chi connectivity index (χ0n) is 31.3. The molecule has 4 rings (SSSR count). The third-order valence-corrected chi connectivity index (χ3v) is 9.98. The van der Waals surface area contributed by atoms with Crippen molar-refractivity contribution in [2.75, 3.05) is 75.7 Å². The van der Waals surface area contributed by atoms with E-state index in [0.717, 1.165) is 107 Å². The number of hydrazone groups is 1. The van der Waals surface area contributed by atoms with Crippen LogP contribution in [0.15, 0.2) is 65.8 Å². The molecule has 1 heterocycles. The molecule has 9 heteroatoms. The summed E-state index contributed by atoms with van der Waals surface area (Å²) in [5.41, 5.74) is 9.45. The summed E-state index contributed by atoms with van der Waals surface area (Å²) in [5, 5.41) is 7.31. The fourth-order valence-corrected chi connectivity index (χ4v) is 6.43. The van der Waals surface area contributed by atoms with Gasteiger partial charge >= 0.3 is 0 Å². The quantitative estimate of drug-likeness (QED) is 0.114. The van der Waals surface area contributed by atoms with Crippen molar-refractivity contribution >= 4 is 29.4 Å². The largest absolute Gasteiger partial charge is 0.372 e. The fraction of sp³-hybridized carbons (Fsp3) is 0.488. The molecule has 0 radical (unpaired) electrons. The summed E-state index contributed by atoms with van der Waals surface area (Å²) < 4.78 is 0. The van der Waals surface area contributed by atoms with Gasteiger partial charge in [-0.15, -0.1) is 0 Å². The first kappa shape index (κ1) is 38.7. The van der Waals surface area contributed by atoms with E-state index in [9.17, 15) is 9.59 Å². The molecule has 0 bridgehead atoms. The van der Waals surface area contributed by atoms with Crippen molar-refractivity contribution < 1.29 is 9.59 Å².